The third-order valence-electron chi connectivity index (χ3n) is 3.29. The molecular formula is C17H19NO3. The third kappa shape index (κ3) is 2.99. The first-order chi connectivity index (χ1) is 10.1. The van der Waals surface area contributed by atoms with Crippen LogP contribution < -0.4 is 14.8 Å². The second-order valence-corrected chi connectivity index (χ2v) is 4.71. The second-order valence-electron chi connectivity index (χ2n) is 4.71. The van der Waals surface area contributed by atoms with E-state index in [0.29, 0.717) is 17.1 Å². The molecule has 0 aliphatic carbocycles. The lowest BCUT2D eigenvalue weighted by Gasteiger charge is -2.14. The van der Waals surface area contributed by atoms with Crippen LogP contribution in [0.25, 0.3) is 11.1 Å². The van der Waals surface area contributed by atoms with Crippen molar-refractivity contribution in [2.45, 2.75) is 6.92 Å². The lowest BCUT2D eigenvalue weighted by atomic mass is 9.99. The van der Waals surface area contributed by atoms with Gasteiger partial charge in [-0.15, -0.1) is 0 Å². The van der Waals surface area contributed by atoms with Crippen LogP contribution in [-0.4, -0.2) is 27.2 Å². The summed E-state index contributed by atoms with van der Waals surface area (Å²) in [5.74, 6) is 1.23. The lowest BCUT2D eigenvalue weighted by molar-refractivity contribution is 0.0963. The first-order valence-corrected chi connectivity index (χ1v) is 6.65. The predicted octanol–water partition coefficient (Wildman–Crippen LogP) is 3.04. The Hall–Kier alpha value is -2.49. The molecule has 0 atom stereocenters. The molecule has 0 aliphatic rings. The number of hydrogen-bond donors (Lipinski definition) is 1. The molecule has 0 saturated heterocycles. The van der Waals surface area contributed by atoms with Gasteiger partial charge < -0.3 is 14.8 Å². The molecule has 0 bridgehead atoms. The Labute approximate surface area is 124 Å². The van der Waals surface area contributed by atoms with Gasteiger partial charge in [-0.05, 0) is 42.3 Å². The number of hydrogen-bond acceptors (Lipinski definition) is 3. The van der Waals surface area contributed by atoms with Crippen LogP contribution in [0.1, 0.15) is 15.9 Å². The van der Waals surface area contributed by atoms with Gasteiger partial charge in [0.25, 0.3) is 5.91 Å². The molecule has 2 aromatic carbocycles. The van der Waals surface area contributed by atoms with E-state index in [9.17, 15) is 4.79 Å². The number of amides is 1. The Balaban J connectivity index is 2.61. The Bertz CT molecular complexity index is 665. The van der Waals surface area contributed by atoms with Crippen molar-refractivity contribution in [2.24, 2.45) is 0 Å². The molecule has 0 radical (unpaired) electrons. The highest BCUT2D eigenvalue weighted by Gasteiger charge is 2.14. The minimum Gasteiger partial charge on any atom is -0.493 e. The predicted molar refractivity (Wildman–Crippen MR) is 83.1 cm³/mol. The van der Waals surface area contributed by atoms with E-state index in [2.05, 4.69) is 5.32 Å². The Morgan fingerprint density at radius 3 is 2.48 bits per heavy atom. The molecular weight excluding hydrogens is 266 g/mol. The number of benzene rings is 2. The highest BCUT2D eigenvalue weighted by Crippen LogP contribution is 2.39. The van der Waals surface area contributed by atoms with E-state index >= 15 is 0 Å². The average molecular weight is 285 g/mol. The number of nitrogens with one attached hydrogen (secondary N) is 1. The van der Waals surface area contributed by atoms with Crippen molar-refractivity contribution in [3.63, 3.8) is 0 Å². The van der Waals surface area contributed by atoms with Gasteiger partial charge in [0.1, 0.15) is 0 Å². The highest BCUT2D eigenvalue weighted by molar-refractivity contribution is 5.95. The summed E-state index contributed by atoms with van der Waals surface area (Å²) in [7, 11) is 4.84. The normalized spacial score (nSPS) is 10.1. The fraction of sp³-hybridized carbons (Fsp3) is 0.235. The number of rotatable bonds is 4. The van der Waals surface area contributed by atoms with Crippen LogP contribution in [0.4, 0.5) is 0 Å². The summed E-state index contributed by atoms with van der Waals surface area (Å²) < 4.78 is 10.9. The molecule has 0 heterocycles. The molecule has 110 valence electrons. The third-order valence-corrected chi connectivity index (χ3v) is 3.29. The SMILES string of the molecule is CNC(=O)c1cccc(-c2cc(C)cc(OC)c2OC)c1. The van der Waals surface area contributed by atoms with Gasteiger partial charge in [0, 0.05) is 18.2 Å². The molecule has 0 spiro atoms. The maximum absolute atomic E-state index is 11.8. The van der Waals surface area contributed by atoms with Crippen molar-refractivity contribution in [1.82, 2.24) is 5.32 Å². The molecule has 2 aromatic rings. The zero-order chi connectivity index (χ0) is 15.4. The number of carbonyl (C=O) groups excluding carboxylic acids is 1. The van der Waals surface area contributed by atoms with Crippen molar-refractivity contribution in [2.75, 3.05) is 21.3 Å². The fourth-order valence-corrected chi connectivity index (χ4v) is 2.29. The summed E-state index contributed by atoms with van der Waals surface area (Å²) in [5.41, 5.74) is 3.49. The molecule has 4 heteroatoms. The van der Waals surface area contributed by atoms with Gasteiger partial charge in [-0.1, -0.05) is 12.1 Å². The molecule has 1 amide bonds. The molecule has 0 fully saturated rings. The Kier molecular flexibility index (Phi) is 4.48. The van der Waals surface area contributed by atoms with Gasteiger partial charge in [-0.25, -0.2) is 0 Å². The molecule has 0 unspecified atom stereocenters. The van der Waals surface area contributed by atoms with Crippen molar-refractivity contribution in [3.8, 4) is 22.6 Å². The van der Waals surface area contributed by atoms with Crippen LogP contribution in [0.3, 0.4) is 0 Å². The Morgan fingerprint density at radius 1 is 1.10 bits per heavy atom. The maximum Gasteiger partial charge on any atom is 0.251 e. The molecule has 21 heavy (non-hydrogen) atoms. The number of methoxy groups -OCH3 is 2. The van der Waals surface area contributed by atoms with E-state index < -0.39 is 0 Å². The first-order valence-electron chi connectivity index (χ1n) is 6.65. The van der Waals surface area contributed by atoms with E-state index in [1.54, 1.807) is 27.3 Å². The minimum atomic E-state index is -0.115. The van der Waals surface area contributed by atoms with E-state index in [-0.39, 0.29) is 5.91 Å². The maximum atomic E-state index is 11.8. The standard InChI is InChI=1S/C17H19NO3/c1-11-8-14(16(21-4)15(9-11)20-3)12-6-5-7-13(10-12)17(19)18-2/h5-10H,1-4H3,(H,18,19). The first kappa shape index (κ1) is 14.9. The van der Waals surface area contributed by atoms with Crippen molar-refractivity contribution >= 4 is 5.91 Å². The summed E-state index contributed by atoms with van der Waals surface area (Å²) in [5, 5.41) is 2.63. The van der Waals surface area contributed by atoms with Crippen molar-refractivity contribution in [3.05, 3.63) is 47.5 Å². The van der Waals surface area contributed by atoms with E-state index in [1.807, 2.05) is 37.3 Å². The van der Waals surface area contributed by atoms with Crippen LogP contribution in [0, 0.1) is 6.92 Å². The van der Waals surface area contributed by atoms with Gasteiger partial charge in [0.05, 0.1) is 14.2 Å². The number of aryl methyl sites for hydroxylation is 1. The molecule has 4 nitrogen and oxygen atoms in total. The van der Waals surface area contributed by atoms with Gasteiger partial charge in [-0.2, -0.15) is 0 Å². The average Bonchev–Trinajstić information content (AvgIpc) is 2.53. The van der Waals surface area contributed by atoms with Crippen molar-refractivity contribution < 1.29 is 14.3 Å². The highest BCUT2D eigenvalue weighted by atomic mass is 16.5. The number of carbonyl (C=O) groups is 1. The summed E-state index contributed by atoms with van der Waals surface area (Å²) in [6.45, 7) is 1.99. The lowest BCUT2D eigenvalue weighted by Crippen LogP contribution is -2.17. The summed E-state index contributed by atoms with van der Waals surface area (Å²) in [6, 6.07) is 11.4. The van der Waals surface area contributed by atoms with Gasteiger partial charge in [-0.3, -0.25) is 4.79 Å². The summed E-state index contributed by atoms with van der Waals surface area (Å²) in [4.78, 5) is 11.8. The van der Waals surface area contributed by atoms with Crippen molar-refractivity contribution in [1.29, 1.82) is 0 Å². The zero-order valence-electron chi connectivity index (χ0n) is 12.7. The molecule has 1 N–H and O–H groups in total. The molecule has 0 saturated carbocycles. The van der Waals surface area contributed by atoms with Crippen LogP contribution in [-0.2, 0) is 0 Å². The van der Waals surface area contributed by atoms with Gasteiger partial charge in [0.15, 0.2) is 11.5 Å². The largest absolute Gasteiger partial charge is 0.493 e. The fourth-order valence-electron chi connectivity index (χ4n) is 2.29. The smallest absolute Gasteiger partial charge is 0.251 e. The van der Waals surface area contributed by atoms with E-state index in [4.69, 9.17) is 9.47 Å². The topological polar surface area (TPSA) is 47.6 Å². The van der Waals surface area contributed by atoms with Crippen LogP contribution >= 0.6 is 0 Å². The number of ether oxygens (including phenoxy) is 2. The second kappa shape index (κ2) is 6.31. The Morgan fingerprint density at radius 2 is 1.86 bits per heavy atom. The monoisotopic (exact) mass is 285 g/mol. The van der Waals surface area contributed by atoms with E-state index in [1.165, 1.54) is 0 Å². The van der Waals surface area contributed by atoms with E-state index in [0.717, 1.165) is 16.7 Å². The van der Waals surface area contributed by atoms with Crippen LogP contribution in [0.5, 0.6) is 11.5 Å². The molecule has 0 aliphatic heterocycles. The van der Waals surface area contributed by atoms with Crippen LogP contribution in [0.2, 0.25) is 0 Å². The molecule has 0 aromatic heterocycles. The quantitative estimate of drug-likeness (QED) is 0.939. The summed E-state index contributed by atoms with van der Waals surface area (Å²) in [6.07, 6.45) is 0. The zero-order valence-corrected chi connectivity index (χ0v) is 12.7. The van der Waals surface area contributed by atoms with Gasteiger partial charge in [0.2, 0.25) is 0 Å². The van der Waals surface area contributed by atoms with Gasteiger partial charge >= 0.3 is 0 Å². The minimum absolute atomic E-state index is 0.115. The summed E-state index contributed by atoms with van der Waals surface area (Å²) >= 11 is 0. The molecule has 2 rings (SSSR count). The van der Waals surface area contributed by atoms with Crippen LogP contribution in [0.15, 0.2) is 36.4 Å².